The van der Waals surface area contributed by atoms with Crippen LogP contribution in [0.4, 0.5) is 0 Å². The Bertz CT molecular complexity index is 525. The molecule has 0 aromatic heterocycles. The number of rotatable bonds is 5. The minimum atomic E-state index is -0.418. The lowest BCUT2D eigenvalue weighted by atomic mass is 9.85. The largest absolute Gasteiger partial charge is 0.391 e. The summed E-state index contributed by atoms with van der Waals surface area (Å²) in [5, 5.41) is 13.1. The number of amides is 1. The molecule has 23 heavy (non-hydrogen) atoms. The molecule has 1 aromatic rings. The molecule has 0 spiro atoms. The van der Waals surface area contributed by atoms with Crippen LogP contribution in [0, 0.1) is 5.92 Å². The van der Waals surface area contributed by atoms with Crippen LogP contribution in [0.5, 0.6) is 0 Å². The second-order valence-electron chi connectivity index (χ2n) is 6.78. The molecule has 1 heterocycles. The van der Waals surface area contributed by atoms with Gasteiger partial charge in [0.25, 0.3) is 0 Å². The van der Waals surface area contributed by atoms with Gasteiger partial charge in [-0.05, 0) is 36.3 Å². The average Bonchev–Trinajstić information content (AvgIpc) is 2.61. The van der Waals surface area contributed by atoms with E-state index < -0.39 is 6.10 Å². The Morgan fingerprint density at radius 3 is 2.87 bits per heavy atom. The molecule has 1 aliphatic carbocycles. The van der Waals surface area contributed by atoms with Crippen molar-refractivity contribution in [2.45, 2.75) is 57.2 Å². The average molecular weight is 317 g/mol. The number of aliphatic hydroxyl groups excluding tert-OH is 1. The van der Waals surface area contributed by atoms with Crippen molar-refractivity contribution in [1.82, 2.24) is 5.32 Å². The normalized spacial score (nSPS) is 23.1. The van der Waals surface area contributed by atoms with Crippen molar-refractivity contribution >= 4 is 5.91 Å². The molecule has 0 saturated heterocycles. The molecule has 2 N–H and O–H groups in total. The van der Waals surface area contributed by atoms with Crippen LogP contribution in [0.3, 0.4) is 0 Å². The first kappa shape index (κ1) is 16.5. The molecule has 1 amide bonds. The van der Waals surface area contributed by atoms with Gasteiger partial charge in [0.05, 0.1) is 25.2 Å². The number of hydrogen-bond acceptors (Lipinski definition) is 3. The fraction of sp³-hybridized carbons (Fsp3) is 0.632. The summed E-state index contributed by atoms with van der Waals surface area (Å²) in [6, 6.07) is 8.17. The van der Waals surface area contributed by atoms with Gasteiger partial charge in [-0.2, -0.15) is 0 Å². The van der Waals surface area contributed by atoms with Gasteiger partial charge in [0.2, 0.25) is 5.91 Å². The predicted octanol–water partition coefficient (Wildman–Crippen LogP) is 2.75. The van der Waals surface area contributed by atoms with E-state index in [0.29, 0.717) is 25.5 Å². The lowest BCUT2D eigenvalue weighted by Gasteiger charge is -2.28. The topological polar surface area (TPSA) is 58.6 Å². The number of carbonyl (C=O) groups is 1. The van der Waals surface area contributed by atoms with Gasteiger partial charge in [-0.3, -0.25) is 4.79 Å². The second-order valence-corrected chi connectivity index (χ2v) is 6.78. The highest BCUT2D eigenvalue weighted by atomic mass is 16.5. The number of fused-ring (bicyclic) bond motifs is 1. The molecule has 2 aliphatic rings. The van der Waals surface area contributed by atoms with Gasteiger partial charge in [-0.15, -0.1) is 0 Å². The maximum Gasteiger partial charge on any atom is 0.223 e. The van der Waals surface area contributed by atoms with Gasteiger partial charge in [-0.1, -0.05) is 43.5 Å². The Labute approximate surface area is 138 Å². The van der Waals surface area contributed by atoms with Crippen LogP contribution in [-0.2, 0) is 16.0 Å². The van der Waals surface area contributed by atoms with Crippen molar-refractivity contribution in [3.8, 4) is 0 Å². The third-order valence-corrected chi connectivity index (χ3v) is 5.17. The highest BCUT2D eigenvalue weighted by molar-refractivity contribution is 5.76. The van der Waals surface area contributed by atoms with Crippen LogP contribution < -0.4 is 5.32 Å². The first-order chi connectivity index (χ1) is 11.2. The summed E-state index contributed by atoms with van der Waals surface area (Å²) < 4.78 is 5.77. The van der Waals surface area contributed by atoms with Gasteiger partial charge in [0.15, 0.2) is 0 Å². The monoisotopic (exact) mass is 317 g/mol. The van der Waals surface area contributed by atoms with E-state index in [2.05, 4.69) is 11.4 Å². The summed E-state index contributed by atoms with van der Waals surface area (Å²) in [7, 11) is 0. The molecule has 1 fully saturated rings. The minimum absolute atomic E-state index is 0.0402. The maximum absolute atomic E-state index is 12.2. The van der Waals surface area contributed by atoms with Gasteiger partial charge in [-0.25, -0.2) is 0 Å². The molecular weight excluding hydrogens is 290 g/mol. The lowest BCUT2D eigenvalue weighted by Crippen LogP contribution is -2.37. The zero-order valence-electron chi connectivity index (χ0n) is 13.7. The Balaban J connectivity index is 1.48. The molecule has 3 rings (SSSR count). The van der Waals surface area contributed by atoms with E-state index in [-0.39, 0.29) is 12.0 Å². The molecular formula is C19H27NO3. The molecule has 1 aliphatic heterocycles. The number of carbonyl (C=O) groups excluding carboxylic acids is 1. The SMILES string of the molecule is O=C(C[C@H]1OCCc2ccccc21)NC[C@H](O)C1CCCCC1. The van der Waals surface area contributed by atoms with Gasteiger partial charge in [0, 0.05) is 6.54 Å². The molecule has 0 radical (unpaired) electrons. The molecule has 4 heteroatoms. The van der Waals surface area contributed by atoms with Crippen LogP contribution >= 0.6 is 0 Å². The Morgan fingerprint density at radius 2 is 2.04 bits per heavy atom. The summed E-state index contributed by atoms with van der Waals surface area (Å²) >= 11 is 0. The van der Waals surface area contributed by atoms with E-state index in [4.69, 9.17) is 4.74 Å². The number of benzene rings is 1. The quantitative estimate of drug-likeness (QED) is 0.878. The Kier molecular flexibility index (Phi) is 5.68. The first-order valence-corrected chi connectivity index (χ1v) is 8.88. The summed E-state index contributed by atoms with van der Waals surface area (Å²) in [6.45, 7) is 1.03. The molecule has 0 bridgehead atoms. The van der Waals surface area contributed by atoms with Crippen LogP contribution in [0.2, 0.25) is 0 Å². The lowest BCUT2D eigenvalue weighted by molar-refractivity contribution is -0.125. The predicted molar refractivity (Wildman–Crippen MR) is 89.0 cm³/mol. The smallest absolute Gasteiger partial charge is 0.223 e. The van der Waals surface area contributed by atoms with E-state index in [0.717, 1.165) is 24.8 Å². The summed E-state index contributed by atoms with van der Waals surface area (Å²) in [4.78, 5) is 12.2. The molecule has 0 unspecified atom stereocenters. The van der Waals surface area contributed by atoms with Gasteiger partial charge in [0.1, 0.15) is 0 Å². The highest BCUT2D eigenvalue weighted by Gasteiger charge is 2.25. The molecule has 4 nitrogen and oxygen atoms in total. The first-order valence-electron chi connectivity index (χ1n) is 8.88. The number of aliphatic hydroxyl groups is 1. The Hall–Kier alpha value is -1.39. The minimum Gasteiger partial charge on any atom is -0.391 e. The number of nitrogens with one attached hydrogen (secondary N) is 1. The van der Waals surface area contributed by atoms with Crippen molar-refractivity contribution in [3.05, 3.63) is 35.4 Å². The number of ether oxygens (including phenoxy) is 1. The fourth-order valence-corrected chi connectivity index (χ4v) is 3.79. The van der Waals surface area contributed by atoms with Crippen molar-refractivity contribution in [2.75, 3.05) is 13.2 Å². The summed E-state index contributed by atoms with van der Waals surface area (Å²) in [5.41, 5.74) is 2.40. The maximum atomic E-state index is 12.2. The van der Waals surface area contributed by atoms with Crippen LogP contribution in [0.15, 0.2) is 24.3 Å². The van der Waals surface area contributed by atoms with E-state index in [9.17, 15) is 9.90 Å². The van der Waals surface area contributed by atoms with E-state index >= 15 is 0 Å². The zero-order valence-corrected chi connectivity index (χ0v) is 13.7. The van der Waals surface area contributed by atoms with E-state index in [1.165, 1.54) is 24.8 Å². The zero-order chi connectivity index (χ0) is 16.1. The fourth-order valence-electron chi connectivity index (χ4n) is 3.79. The van der Waals surface area contributed by atoms with Crippen molar-refractivity contribution in [1.29, 1.82) is 0 Å². The van der Waals surface area contributed by atoms with Crippen LogP contribution in [0.1, 0.15) is 55.8 Å². The van der Waals surface area contributed by atoms with E-state index in [1.54, 1.807) is 0 Å². The Morgan fingerprint density at radius 1 is 1.26 bits per heavy atom. The highest BCUT2D eigenvalue weighted by Crippen LogP contribution is 2.29. The molecule has 1 aromatic carbocycles. The standard InChI is InChI=1S/C19H27NO3/c21-17(15-7-2-1-3-8-15)13-20-19(22)12-18-16-9-5-4-6-14(16)10-11-23-18/h4-6,9,15,17-18,21H,1-3,7-8,10-13H2,(H,20,22)/t17-,18+/m0/s1. The van der Waals surface area contributed by atoms with Gasteiger partial charge >= 0.3 is 0 Å². The summed E-state index contributed by atoms with van der Waals surface area (Å²) in [6.07, 6.45) is 6.49. The number of hydrogen-bond donors (Lipinski definition) is 2. The molecule has 2 atom stereocenters. The van der Waals surface area contributed by atoms with Gasteiger partial charge < -0.3 is 15.2 Å². The van der Waals surface area contributed by atoms with Crippen molar-refractivity contribution < 1.29 is 14.6 Å². The summed E-state index contributed by atoms with van der Waals surface area (Å²) in [5.74, 6) is 0.303. The van der Waals surface area contributed by atoms with E-state index in [1.807, 2.05) is 18.2 Å². The third-order valence-electron chi connectivity index (χ3n) is 5.17. The van der Waals surface area contributed by atoms with Crippen molar-refractivity contribution in [2.24, 2.45) is 5.92 Å². The van der Waals surface area contributed by atoms with Crippen molar-refractivity contribution in [3.63, 3.8) is 0 Å². The molecule has 1 saturated carbocycles. The molecule has 126 valence electrons. The third kappa shape index (κ3) is 4.33. The van der Waals surface area contributed by atoms with Crippen LogP contribution in [-0.4, -0.2) is 30.3 Å². The van der Waals surface area contributed by atoms with Crippen LogP contribution in [0.25, 0.3) is 0 Å². The second kappa shape index (κ2) is 7.93.